The van der Waals surface area contributed by atoms with Crippen molar-refractivity contribution in [2.75, 3.05) is 0 Å². The van der Waals surface area contributed by atoms with E-state index < -0.39 is 0 Å². The molecule has 0 saturated carbocycles. The van der Waals surface area contributed by atoms with E-state index in [0.717, 1.165) is 94.7 Å². The van der Waals surface area contributed by atoms with Gasteiger partial charge in [-0.3, -0.25) is 0 Å². The molecule has 0 saturated heterocycles. The molecule has 11 rings (SSSR count). The largest absolute Gasteiger partial charge is 0.245 e. The first-order valence-electron chi connectivity index (χ1n) is 20.9. The zero-order valence-electron chi connectivity index (χ0n) is 33.7. The summed E-state index contributed by atoms with van der Waals surface area (Å²) in [6.07, 6.45) is 0. The molecule has 0 amide bonds. The van der Waals surface area contributed by atoms with E-state index in [9.17, 15) is 0 Å². The van der Waals surface area contributed by atoms with Crippen molar-refractivity contribution < 1.29 is 0 Å². The molecule has 0 N–H and O–H groups in total. The Bertz CT molecular complexity index is 3330. The smallest absolute Gasteiger partial charge is 0.160 e. The van der Waals surface area contributed by atoms with Gasteiger partial charge in [-0.05, 0) is 51.6 Å². The molecule has 0 aliphatic rings. The third kappa shape index (κ3) is 7.20. The highest BCUT2D eigenvalue weighted by Crippen LogP contribution is 2.37. The Hall–Kier alpha value is -8.34. The summed E-state index contributed by atoms with van der Waals surface area (Å²) in [4.78, 5) is 20.7. The minimum Gasteiger partial charge on any atom is -0.245 e. The van der Waals surface area contributed by atoms with E-state index in [0.29, 0.717) is 5.82 Å². The summed E-state index contributed by atoms with van der Waals surface area (Å²) >= 11 is 0. The highest BCUT2D eigenvalue weighted by molar-refractivity contribution is 6.09. The summed E-state index contributed by atoms with van der Waals surface area (Å²) in [7, 11) is 0. The number of benzene rings is 8. The van der Waals surface area contributed by atoms with Gasteiger partial charge in [0.05, 0.1) is 33.8 Å². The Labute approximate surface area is 360 Å². The molecule has 62 heavy (non-hydrogen) atoms. The number of pyridine rings is 2. The predicted molar refractivity (Wildman–Crippen MR) is 256 cm³/mol. The predicted octanol–water partition coefficient (Wildman–Crippen LogP) is 14.9. The lowest BCUT2D eigenvalue weighted by Crippen LogP contribution is -1.96. The van der Waals surface area contributed by atoms with Crippen molar-refractivity contribution in [2.24, 2.45) is 0 Å². The van der Waals surface area contributed by atoms with E-state index in [-0.39, 0.29) is 0 Å². The van der Waals surface area contributed by atoms with E-state index in [4.69, 9.17) is 19.9 Å². The Morgan fingerprint density at radius 3 is 1.13 bits per heavy atom. The van der Waals surface area contributed by atoms with Gasteiger partial charge in [0.25, 0.3) is 0 Å². The molecule has 0 spiro atoms. The van der Waals surface area contributed by atoms with Crippen molar-refractivity contribution in [1.29, 1.82) is 0 Å². The maximum atomic E-state index is 5.29. The van der Waals surface area contributed by atoms with Gasteiger partial charge in [-0.15, -0.1) is 0 Å². The first kappa shape index (κ1) is 36.7. The zero-order chi connectivity index (χ0) is 41.2. The van der Waals surface area contributed by atoms with Gasteiger partial charge in [0.15, 0.2) is 5.82 Å². The topological polar surface area (TPSA) is 51.6 Å². The highest BCUT2D eigenvalue weighted by Gasteiger charge is 2.15. The van der Waals surface area contributed by atoms with Gasteiger partial charge >= 0.3 is 0 Å². The lowest BCUT2D eigenvalue weighted by Gasteiger charge is -2.13. The fraction of sp³-hybridized carbons (Fsp3) is 0. The average Bonchev–Trinajstić information content (AvgIpc) is 3.37. The quantitative estimate of drug-likeness (QED) is 0.144. The molecule has 0 unspecified atom stereocenters. The van der Waals surface area contributed by atoms with E-state index in [1.165, 1.54) is 11.1 Å². The summed E-state index contributed by atoms with van der Waals surface area (Å²) in [5.74, 6) is 0.687. The molecule has 3 heterocycles. The zero-order valence-corrected chi connectivity index (χ0v) is 33.7. The molecule has 0 fully saturated rings. The van der Waals surface area contributed by atoms with Crippen LogP contribution >= 0.6 is 0 Å². The van der Waals surface area contributed by atoms with Crippen LogP contribution in [0.1, 0.15) is 0 Å². The molecule has 0 aliphatic carbocycles. The molecular weight excluding hydrogens is 753 g/mol. The van der Waals surface area contributed by atoms with Crippen molar-refractivity contribution in [3.05, 3.63) is 231 Å². The number of hydrogen-bond acceptors (Lipinski definition) is 4. The average molecular weight is 791 g/mol. The summed E-state index contributed by atoms with van der Waals surface area (Å²) in [5.41, 5.74) is 17.4. The first-order valence-corrected chi connectivity index (χ1v) is 20.9. The number of fused-ring (bicyclic) bond motifs is 3. The Kier molecular flexibility index (Phi) is 9.49. The molecule has 290 valence electrons. The van der Waals surface area contributed by atoms with Crippen LogP contribution in [0.4, 0.5) is 0 Å². The number of aromatic nitrogens is 4. The van der Waals surface area contributed by atoms with Crippen molar-refractivity contribution in [1.82, 2.24) is 19.9 Å². The lowest BCUT2D eigenvalue weighted by atomic mass is 9.96. The van der Waals surface area contributed by atoms with E-state index >= 15 is 0 Å². The molecule has 3 aromatic heterocycles. The normalized spacial score (nSPS) is 11.2. The second-order valence-corrected chi connectivity index (χ2v) is 15.4. The van der Waals surface area contributed by atoms with Crippen LogP contribution in [0, 0.1) is 0 Å². The van der Waals surface area contributed by atoms with Gasteiger partial charge in [-0.2, -0.15) is 0 Å². The first-order chi connectivity index (χ1) is 30.7. The Morgan fingerprint density at radius 1 is 0.226 bits per heavy atom. The minimum atomic E-state index is 0.687. The van der Waals surface area contributed by atoms with Crippen molar-refractivity contribution in [2.45, 2.75) is 0 Å². The Balaban J connectivity index is 0.912. The fourth-order valence-electron chi connectivity index (χ4n) is 8.24. The molecular formula is C58H38N4. The van der Waals surface area contributed by atoms with Gasteiger partial charge in [0.1, 0.15) is 0 Å². The van der Waals surface area contributed by atoms with E-state index in [1.54, 1.807) is 0 Å². The summed E-state index contributed by atoms with van der Waals surface area (Å²) in [6.45, 7) is 0. The molecule has 4 nitrogen and oxygen atoms in total. The molecule has 0 aliphatic heterocycles. The molecule has 0 radical (unpaired) electrons. The van der Waals surface area contributed by atoms with Gasteiger partial charge in [-0.25, -0.2) is 19.9 Å². The van der Waals surface area contributed by atoms with Crippen molar-refractivity contribution in [3.63, 3.8) is 0 Å². The second kappa shape index (κ2) is 16.0. The second-order valence-electron chi connectivity index (χ2n) is 15.4. The lowest BCUT2D eigenvalue weighted by molar-refractivity contribution is 1.18. The monoisotopic (exact) mass is 790 g/mol. The van der Waals surface area contributed by atoms with Gasteiger partial charge < -0.3 is 0 Å². The van der Waals surface area contributed by atoms with Gasteiger partial charge in [-0.1, -0.05) is 212 Å². The maximum absolute atomic E-state index is 5.29. The fourth-order valence-corrected chi connectivity index (χ4v) is 8.24. The minimum absolute atomic E-state index is 0.687. The van der Waals surface area contributed by atoms with Crippen LogP contribution in [-0.4, -0.2) is 19.9 Å². The number of hydrogen-bond donors (Lipinski definition) is 0. The third-order valence-electron chi connectivity index (χ3n) is 11.5. The van der Waals surface area contributed by atoms with Gasteiger partial charge in [0.2, 0.25) is 0 Å². The van der Waals surface area contributed by atoms with Crippen molar-refractivity contribution in [3.8, 4) is 89.8 Å². The highest BCUT2D eigenvalue weighted by atomic mass is 14.9. The molecule has 0 bridgehead atoms. The molecule has 8 aromatic carbocycles. The SMILES string of the molecule is c1ccc(-c2ccc(-c3cc(-c4ccccc4)nc(-c4ccc(-c5ccc(-c6ccc7ccc8c(-c9ccccc9)cc(-c9ccccc9)nc8c7n6)cc5)cc4)n3)cc2)cc1. The number of rotatable bonds is 8. The summed E-state index contributed by atoms with van der Waals surface area (Å²) in [6, 6.07) is 80.3. The summed E-state index contributed by atoms with van der Waals surface area (Å²) < 4.78 is 0. The van der Waals surface area contributed by atoms with E-state index in [2.05, 4.69) is 200 Å². The number of nitrogens with zero attached hydrogens (tertiary/aromatic N) is 4. The third-order valence-corrected chi connectivity index (χ3v) is 11.5. The van der Waals surface area contributed by atoms with Crippen LogP contribution in [0.15, 0.2) is 231 Å². The van der Waals surface area contributed by atoms with Crippen LogP contribution in [0.5, 0.6) is 0 Å². The van der Waals surface area contributed by atoms with Gasteiger partial charge in [0, 0.05) is 38.6 Å². The molecule has 0 atom stereocenters. The van der Waals surface area contributed by atoms with Crippen LogP contribution in [-0.2, 0) is 0 Å². The standard InChI is InChI=1S/C58H38N4/c1-5-13-39(14-6-1)40-23-29-47(30-24-40)55-38-54(45-19-11-4-12-20-45)61-58(62-55)49-31-25-42(26-32-49)41-21-27-46(28-22-41)52-36-34-48-33-35-50-51(43-15-7-2-8-16-43)37-53(44-17-9-3-10-18-44)60-57(50)56(48)59-52/h1-38H. The van der Waals surface area contributed by atoms with Crippen LogP contribution < -0.4 is 0 Å². The van der Waals surface area contributed by atoms with Crippen molar-refractivity contribution >= 4 is 21.8 Å². The van der Waals surface area contributed by atoms with Crippen LogP contribution in [0.3, 0.4) is 0 Å². The van der Waals surface area contributed by atoms with Crippen LogP contribution in [0.2, 0.25) is 0 Å². The Morgan fingerprint density at radius 2 is 0.597 bits per heavy atom. The maximum Gasteiger partial charge on any atom is 0.160 e. The molecule has 4 heteroatoms. The van der Waals surface area contributed by atoms with E-state index in [1.807, 2.05) is 30.3 Å². The summed E-state index contributed by atoms with van der Waals surface area (Å²) in [5, 5.41) is 2.14. The van der Waals surface area contributed by atoms with Crippen LogP contribution in [0.25, 0.3) is 112 Å². The molecule has 11 aromatic rings.